The maximum atomic E-state index is 5.56. The second-order valence-electron chi connectivity index (χ2n) is 5.85. The first kappa shape index (κ1) is 15.6. The van der Waals surface area contributed by atoms with Gasteiger partial charge in [0.05, 0.1) is 7.11 Å². The Kier molecular flexibility index (Phi) is 3.83. The lowest BCUT2D eigenvalue weighted by molar-refractivity contribution is 0.396. The lowest BCUT2D eigenvalue weighted by Gasteiger charge is -2.35. The van der Waals surface area contributed by atoms with Crippen molar-refractivity contribution in [1.29, 1.82) is 0 Å². The van der Waals surface area contributed by atoms with E-state index in [4.69, 9.17) is 9.15 Å². The number of hydrogen-bond donors (Lipinski definition) is 0. The molecule has 1 aliphatic heterocycles. The SMILES string of the molecule is COc1ccnc(N2CCN(c3nc(C)nc4oc(C)nc34)CC2)n1. The fourth-order valence-corrected chi connectivity index (χ4v) is 2.95. The molecule has 9 heteroatoms. The second-order valence-corrected chi connectivity index (χ2v) is 5.85. The Labute approximate surface area is 144 Å². The number of aromatic nitrogens is 5. The molecule has 1 fully saturated rings. The summed E-state index contributed by atoms with van der Waals surface area (Å²) in [6.45, 7) is 6.83. The Morgan fingerprint density at radius 2 is 1.76 bits per heavy atom. The van der Waals surface area contributed by atoms with Crippen molar-refractivity contribution >= 4 is 23.0 Å². The van der Waals surface area contributed by atoms with Crippen LogP contribution >= 0.6 is 0 Å². The van der Waals surface area contributed by atoms with Crippen molar-refractivity contribution in [2.24, 2.45) is 0 Å². The summed E-state index contributed by atoms with van der Waals surface area (Å²) in [6, 6.07) is 1.74. The predicted octanol–water partition coefficient (Wildman–Crippen LogP) is 1.36. The van der Waals surface area contributed by atoms with E-state index in [0.29, 0.717) is 34.8 Å². The molecule has 0 aromatic carbocycles. The summed E-state index contributed by atoms with van der Waals surface area (Å²) in [5, 5.41) is 0. The summed E-state index contributed by atoms with van der Waals surface area (Å²) < 4.78 is 10.7. The number of nitrogens with zero attached hydrogens (tertiary/aromatic N) is 7. The van der Waals surface area contributed by atoms with Crippen molar-refractivity contribution in [2.45, 2.75) is 13.8 Å². The predicted molar refractivity (Wildman–Crippen MR) is 92.1 cm³/mol. The van der Waals surface area contributed by atoms with Gasteiger partial charge in [-0.2, -0.15) is 9.97 Å². The van der Waals surface area contributed by atoms with Crippen LogP contribution in [0.15, 0.2) is 16.7 Å². The highest BCUT2D eigenvalue weighted by Crippen LogP contribution is 2.25. The molecule has 0 spiro atoms. The number of aryl methyl sites for hydroxylation is 2. The van der Waals surface area contributed by atoms with Gasteiger partial charge in [-0.05, 0) is 6.92 Å². The van der Waals surface area contributed by atoms with Crippen LogP contribution in [0.3, 0.4) is 0 Å². The zero-order valence-corrected chi connectivity index (χ0v) is 14.4. The summed E-state index contributed by atoms with van der Waals surface area (Å²) in [5.74, 6) is 3.35. The molecule has 0 saturated carbocycles. The minimum atomic E-state index is 0.540. The van der Waals surface area contributed by atoms with Gasteiger partial charge in [-0.1, -0.05) is 0 Å². The molecule has 130 valence electrons. The normalized spacial score (nSPS) is 15.0. The minimum Gasteiger partial charge on any atom is -0.481 e. The minimum absolute atomic E-state index is 0.540. The van der Waals surface area contributed by atoms with Crippen molar-refractivity contribution < 1.29 is 9.15 Å². The second kappa shape index (κ2) is 6.15. The lowest BCUT2D eigenvalue weighted by Crippen LogP contribution is -2.47. The van der Waals surface area contributed by atoms with Gasteiger partial charge in [0, 0.05) is 45.4 Å². The molecule has 9 nitrogen and oxygen atoms in total. The Morgan fingerprint density at radius 1 is 1.00 bits per heavy atom. The van der Waals surface area contributed by atoms with Crippen LogP contribution in [0.25, 0.3) is 11.2 Å². The maximum Gasteiger partial charge on any atom is 0.252 e. The van der Waals surface area contributed by atoms with Gasteiger partial charge in [-0.3, -0.25) is 0 Å². The number of fused-ring (bicyclic) bond motifs is 1. The molecule has 0 radical (unpaired) electrons. The molecule has 0 aliphatic carbocycles. The van der Waals surface area contributed by atoms with Crippen LogP contribution in [0, 0.1) is 13.8 Å². The summed E-state index contributed by atoms with van der Waals surface area (Å²) in [5.41, 5.74) is 1.26. The van der Waals surface area contributed by atoms with E-state index in [9.17, 15) is 0 Å². The van der Waals surface area contributed by atoms with Gasteiger partial charge in [0.15, 0.2) is 17.2 Å². The van der Waals surface area contributed by atoms with Crippen molar-refractivity contribution in [3.63, 3.8) is 0 Å². The van der Waals surface area contributed by atoms with Crippen molar-refractivity contribution in [3.05, 3.63) is 24.0 Å². The molecule has 1 saturated heterocycles. The third-order valence-electron chi connectivity index (χ3n) is 4.15. The summed E-state index contributed by atoms with van der Waals surface area (Å²) in [6.07, 6.45) is 1.71. The van der Waals surface area contributed by atoms with E-state index in [1.807, 2.05) is 13.8 Å². The summed E-state index contributed by atoms with van der Waals surface area (Å²) >= 11 is 0. The number of anilines is 2. The van der Waals surface area contributed by atoms with Gasteiger partial charge >= 0.3 is 0 Å². The molecule has 4 rings (SSSR count). The van der Waals surface area contributed by atoms with E-state index < -0.39 is 0 Å². The smallest absolute Gasteiger partial charge is 0.252 e. The number of ether oxygens (including phenoxy) is 1. The van der Waals surface area contributed by atoms with Crippen LogP contribution < -0.4 is 14.5 Å². The average molecular weight is 341 g/mol. The first-order chi connectivity index (χ1) is 12.1. The van der Waals surface area contributed by atoms with Crippen molar-refractivity contribution in [3.8, 4) is 5.88 Å². The number of methoxy groups -OCH3 is 1. The van der Waals surface area contributed by atoms with Crippen molar-refractivity contribution in [2.75, 3.05) is 43.1 Å². The van der Waals surface area contributed by atoms with Gasteiger partial charge in [0.1, 0.15) is 5.82 Å². The van der Waals surface area contributed by atoms with Crippen LogP contribution in [0.5, 0.6) is 5.88 Å². The molecule has 3 aromatic heterocycles. The van der Waals surface area contributed by atoms with Crippen LogP contribution in [-0.2, 0) is 0 Å². The van der Waals surface area contributed by atoms with Crippen LogP contribution in [0.4, 0.5) is 11.8 Å². The molecule has 0 amide bonds. The number of piperazine rings is 1. The quantitative estimate of drug-likeness (QED) is 0.700. The zero-order chi connectivity index (χ0) is 17.4. The Bertz CT molecular complexity index is 903. The van der Waals surface area contributed by atoms with E-state index in [2.05, 4.69) is 34.7 Å². The summed E-state index contributed by atoms with van der Waals surface area (Å²) in [7, 11) is 1.60. The first-order valence-electron chi connectivity index (χ1n) is 8.13. The third kappa shape index (κ3) is 2.92. The Hall–Kier alpha value is -2.97. The van der Waals surface area contributed by atoms with Gasteiger partial charge in [-0.15, -0.1) is 0 Å². The number of oxazole rings is 1. The largest absolute Gasteiger partial charge is 0.481 e. The van der Waals surface area contributed by atoms with Gasteiger partial charge in [0.2, 0.25) is 11.8 Å². The molecule has 0 unspecified atom stereocenters. The molecule has 0 atom stereocenters. The highest BCUT2D eigenvalue weighted by Gasteiger charge is 2.24. The highest BCUT2D eigenvalue weighted by atomic mass is 16.5. The van der Waals surface area contributed by atoms with Gasteiger partial charge in [0.25, 0.3) is 5.71 Å². The molecule has 0 bridgehead atoms. The average Bonchev–Trinajstić information content (AvgIpc) is 3.01. The lowest BCUT2D eigenvalue weighted by atomic mass is 10.3. The molecule has 25 heavy (non-hydrogen) atoms. The number of hydrogen-bond acceptors (Lipinski definition) is 9. The molecule has 0 N–H and O–H groups in total. The topological polar surface area (TPSA) is 93.3 Å². The van der Waals surface area contributed by atoms with E-state index in [1.165, 1.54) is 0 Å². The molecule has 4 heterocycles. The fraction of sp³-hybridized carbons (Fsp3) is 0.438. The monoisotopic (exact) mass is 341 g/mol. The standard InChI is InChI=1S/C16H19N7O2/c1-10-18-14(13-15(19-10)25-11(2)20-13)22-6-8-23(9-7-22)16-17-5-4-12(21-16)24-3/h4-5H,6-9H2,1-3H3. The fourth-order valence-electron chi connectivity index (χ4n) is 2.95. The number of rotatable bonds is 3. The first-order valence-corrected chi connectivity index (χ1v) is 8.13. The van der Waals surface area contributed by atoms with E-state index in [0.717, 1.165) is 32.0 Å². The molecule has 1 aliphatic rings. The molecule has 3 aromatic rings. The Morgan fingerprint density at radius 3 is 2.52 bits per heavy atom. The van der Waals surface area contributed by atoms with E-state index >= 15 is 0 Å². The van der Waals surface area contributed by atoms with E-state index in [1.54, 1.807) is 19.4 Å². The Balaban J connectivity index is 1.56. The van der Waals surface area contributed by atoms with Crippen LogP contribution in [0.2, 0.25) is 0 Å². The highest BCUT2D eigenvalue weighted by molar-refractivity contribution is 5.82. The summed E-state index contributed by atoms with van der Waals surface area (Å²) in [4.78, 5) is 26.4. The molecular weight excluding hydrogens is 322 g/mol. The van der Waals surface area contributed by atoms with Crippen molar-refractivity contribution in [1.82, 2.24) is 24.9 Å². The molecular formula is C16H19N7O2. The van der Waals surface area contributed by atoms with E-state index in [-0.39, 0.29) is 0 Å². The maximum absolute atomic E-state index is 5.56. The van der Waals surface area contributed by atoms with Crippen LogP contribution in [-0.4, -0.2) is 58.2 Å². The van der Waals surface area contributed by atoms with Gasteiger partial charge in [-0.25, -0.2) is 15.0 Å². The van der Waals surface area contributed by atoms with Crippen LogP contribution in [0.1, 0.15) is 11.7 Å². The van der Waals surface area contributed by atoms with Gasteiger partial charge < -0.3 is 19.0 Å². The third-order valence-corrected chi connectivity index (χ3v) is 4.15. The zero-order valence-electron chi connectivity index (χ0n) is 14.4.